The molecule has 0 heterocycles. The van der Waals surface area contributed by atoms with Crippen molar-refractivity contribution in [3.63, 3.8) is 0 Å². The maximum atomic E-state index is 9.48. The summed E-state index contributed by atoms with van der Waals surface area (Å²) < 4.78 is 0. The molecule has 0 spiro atoms. The SMILES string of the molecule is CC(=O)C(=O)[O-].CC(=O)C(=O)[O-].CC(=O)C(=O)[O-].[Na+].[Na+].[Na+]. The summed E-state index contributed by atoms with van der Waals surface area (Å²) in [7, 11) is 0. The van der Waals surface area contributed by atoms with Gasteiger partial charge >= 0.3 is 88.7 Å². The Hall–Kier alpha value is 0.420. The number of hydrogen-bond acceptors (Lipinski definition) is 9. The fourth-order valence-electron chi connectivity index (χ4n) is 0. The molecule has 12 heteroatoms. The Morgan fingerprint density at radius 3 is 0.524 bits per heavy atom. The number of rotatable bonds is 3. The standard InChI is InChI=1S/3C3H4O3.3Na/c3*1-2(4)3(5)6;;;/h3*1H3,(H,5,6);;;/q;;;3*+1/p-3. The summed E-state index contributed by atoms with van der Waals surface area (Å²) in [5.74, 6) is -7.69. The summed E-state index contributed by atoms with van der Waals surface area (Å²) in [6.45, 7) is 2.82. The third-order valence-corrected chi connectivity index (χ3v) is 0.862. The molecule has 102 valence electrons. The second-order valence-corrected chi connectivity index (χ2v) is 2.53. The number of hydrogen-bond donors (Lipinski definition) is 0. The van der Waals surface area contributed by atoms with Crippen LogP contribution in [-0.2, 0) is 28.8 Å². The van der Waals surface area contributed by atoms with E-state index in [0.29, 0.717) is 0 Å². The molecule has 0 saturated heterocycles. The zero-order valence-electron chi connectivity index (χ0n) is 12.7. The molecule has 0 aromatic carbocycles. The van der Waals surface area contributed by atoms with Crippen LogP contribution in [0, 0.1) is 0 Å². The molecule has 0 amide bonds. The number of carboxylic acids is 3. The largest absolute Gasteiger partial charge is 1.00 e. The van der Waals surface area contributed by atoms with Gasteiger partial charge in [0.05, 0.1) is 0 Å². The quantitative estimate of drug-likeness (QED) is 0.359. The zero-order valence-corrected chi connectivity index (χ0v) is 18.7. The van der Waals surface area contributed by atoms with Gasteiger partial charge in [-0.05, 0) is 0 Å². The molecule has 0 aliphatic carbocycles. The van der Waals surface area contributed by atoms with Gasteiger partial charge in [0.2, 0.25) is 0 Å². The topological polar surface area (TPSA) is 172 Å². The van der Waals surface area contributed by atoms with Gasteiger partial charge in [-0.3, -0.25) is 14.4 Å². The van der Waals surface area contributed by atoms with Crippen molar-refractivity contribution in [3.05, 3.63) is 0 Å². The van der Waals surface area contributed by atoms with Crippen molar-refractivity contribution < 1.29 is 133 Å². The van der Waals surface area contributed by atoms with Crippen LogP contribution in [-0.4, -0.2) is 35.3 Å². The summed E-state index contributed by atoms with van der Waals surface area (Å²) in [4.78, 5) is 56.2. The molecule has 0 saturated carbocycles. The van der Waals surface area contributed by atoms with E-state index in [4.69, 9.17) is 0 Å². The smallest absolute Gasteiger partial charge is 0.542 e. The second-order valence-electron chi connectivity index (χ2n) is 2.53. The first-order chi connectivity index (χ1) is 7.93. The fraction of sp³-hybridized carbons (Fsp3) is 0.333. The Balaban J connectivity index is -0.0000000375. The van der Waals surface area contributed by atoms with Gasteiger partial charge in [-0.25, -0.2) is 0 Å². The van der Waals surface area contributed by atoms with Gasteiger partial charge in [-0.15, -0.1) is 0 Å². The van der Waals surface area contributed by atoms with Crippen LogP contribution in [0.15, 0.2) is 0 Å². The van der Waals surface area contributed by atoms with Crippen molar-refractivity contribution in [1.82, 2.24) is 0 Å². The van der Waals surface area contributed by atoms with E-state index in [-0.39, 0.29) is 88.7 Å². The summed E-state index contributed by atoms with van der Waals surface area (Å²) in [5.41, 5.74) is 0. The van der Waals surface area contributed by atoms with Gasteiger partial charge in [-0.1, -0.05) is 0 Å². The first-order valence-electron chi connectivity index (χ1n) is 4.09. The molecule has 9 nitrogen and oxygen atoms in total. The Bertz CT molecular complexity index is 286. The summed E-state index contributed by atoms with van der Waals surface area (Å²) in [5, 5.41) is 27.7. The molecule has 0 radical (unpaired) electrons. The number of carbonyl (C=O) groups excluding carboxylic acids is 6. The number of Topliss-reactive ketones (excluding diaryl/α,β-unsaturated/α-hetero) is 3. The van der Waals surface area contributed by atoms with Crippen LogP contribution in [0.3, 0.4) is 0 Å². The first kappa shape index (κ1) is 37.6. The molecular formula is C9H9Na3O9. The van der Waals surface area contributed by atoms with Crippen LogP contribution in [0.1, 0.15) is 20.8 Å². The summed E-state index contributed by atoms with van der Waals surface area (Å²) in [6, 6.07) is 0. The second kappa shape index (κ2) is 22.7. The molecule has 21 heavy (non-hydrogen) atoms. The third-order valence-electron chi connectivity index (χ3n) is 0.862. The molecule has 0 aliphatic heterocycles. The van der Waals surface area contributed by atoms with Gasteiger partial charge in [0.15, 0.2) is 17.3 Å². The molecule has 0 atom stereocenters. The van der Waals surface area contributed by atoms with Crippen molar-refractivity contribution in [3.8, 4) is 0 Å². The van der Waals surface area contributed by atoms with Gasteiger partial charge in [-0.2, -0.15) is 0 Å². The van der Waals surface area contributed by atoms with Crippen molar-refractivity contribution in [2.75, 3.05) is 0 Å². The van der Waals surface area contributed by atoms with Crippen LogP contribution < -0.4 is 104 Å². The molecule has 0 aromatic rings. The van der Waals surface area contributed by atoms with Crippen LogP contribution in [0.2, 0.25) is 0 Å². The molecule has 0 fully saturated rings. The Kier molecular flexibility index (Phi) is 40.6. The molecule has 0 rings (SSSR count). The van der Waals surface area contributed by atoms with Crippen molar-refractivity contribution in [2.45, 2.75) is 20.8 Å². The van der Waals surface area contributed by atoms with E-state index in [1.54, 1.807) is 0 Å². The van der Waals surface area contributed by atoms with Gasteiger partial charge in [0, 0.05) is 20.8 Å². The van der Waals surface area contributed by atoms with E-state index in [1.807, 2.05) is 0 Å². The number of carbonyl (C=O) groups is 6. The fourth-order valence-corrected chi connectivity index (χ4v) is 0. The maximum Gasteiger partial charge on any atom is 1.00 e. The molecule has 0 aromatic heterocycles. The van der Waals surface area contributed by atoms with E-state index in [0.717, 1.165) is 20.8 Å². The maximum absolute atomic E-state index is 9.48. The average molecular weight is 330 g/mol. The molecule has 0 aliphatic rings. The van der Waals surface area contributed by atoms with E-state index in [9.17, 15) is 44.1 Å². The van der Waals surface area contributed by atoms with Crippen LogP contribution in [0.4, 0.5) is 0 Å². The first-order valence-corrected chi connectivity index (χ1v) is 4.09. The minimum absolute atomic E-state index is 0. The molecule has 0 unspecified atom stereocenters. The molecular weight excluding hydrogens is 321 g/mol. The predicted octanol–water partition coefficient (Wildman–Crippen LogP) is -14.0. The number of aliphatic carboxylic acids is 3. The van der Waals surface area contributed by atoms with E-state index in [1.165, 1.54) is 0 Å². The van der Waals surface area contributed by atoms with Crippen molar-refractivity contribution >= 4 is 35.3 Å². The Labute approximate surface area is 186 Å². The monoisotopic (exact) mass is 330 g/mol. The molecule has 0 bridgehead atoms. The van der Waals surface area contributed by atoms with Gasteiger partial charge < -0.3 is 29.7 Å². The minimum atomic E-state index is -1.63. The summed E-state index contributed by atoms with van der Waals surface area (Å²) >= 11 is 0. The van der Waals surface area contributed by atoms with E-state index < -0.39 is 35.3 Å². The van der Waals surface area contributed by atoms with Crippen molar-refractivity contribution in [1.29, 1.82) is 0 Å². The Morgan fingerprint density at radius 1 is 0.476 bits per heavy atom. The number of carboxylic acid groups (broad SMARTS) is 3. The zero-order chi connectivity index (χ0) is 15.5. The summed E-state index contributed by atoms with van der Waals surface area (Å²) in [6.07, 6.45) is 0. The van der Waals surface area contributed by atoms with Crippen LogP contribution >= 0.6 is 0 Å². The van der Waals surface area contributed by atoms with Crippen molar-refractivity contribution in [2.24, 2.45) is 0 Å². The molecule has 0 N–H and O–H groups in total. The predicted molar refractivity (Wildman–Crippen MR) is 47.1 cm³/mol. The van der Waals surface area contributed by atoms with Crippen LogP contribution in [0.5, 0.6) is 0 Å². The van der Waals surface area contributed by atoms with E-state index >= 15 is 0 Å². The van der Waals surface area contributed by atoms with Gasteiger partial charge in [0.1, 0.15) is 17.9 Å². The van der Waals surface area contributed by atoms with Crippen LogP contribution in [0.25, 0.3) is 0 Å². The Morgan fingerprint density at radius 2 is 0.524 bits per heavy atom. The van der Waals surface area contributed by atoms with Gasteiger partial charge in [0.25, 0.3) is 0 Å². The number of ketones is 3. The average Bonchev–Trinajstić information content (AvgIpc) is 2.18. The normalized spacial score (nSPS) is 6.43. The third kappa shape index (κ3) is 44.9. The van der Waals surface area contributed by atoms with E-state index in [2.05, 4.69) is 0 Å². The minimum Gasteiger partial charge on any atom is -0.542 e.